The Kier molecular flexibility index (Phi) is 5.21. The number of anilines is 1. The van der Waals surface area contributed by atoms with Crippen molar-refractivity contribution < 1.29 is 13.5 Å². The summed E-state index contributed by atoms with van der Waals surface area (Å²) in [4.78, 5) is 0. The SMILES string of the molecule is CC(Nc1cccc(CS(C)(=O)=O)c1)c1cccc(CO)c1. The Bertz CT molecular complexity index is 741. The van der Waals surface area contributed by atoms with Gasteiger partial charge >= 0.3 is 0 Å². The lowest BCUT2D eigenvalue weighted by molar-refractivity contribution is 0.281. The van der Waals surface area contributed by atoms with Crippen LogP contribution in [-0.2, 0) is 22.2 Å². The van der Waals surface area contributed by atoms with Gasteiger partial charge in [0.05, 0.1) is 12.4 Å². The highest BCUT2D eigenvalue weighted by molar-refractivity contribution is 7.89. The van der Waals surface area contributed by atoms with E-state index in [1.807, 2.05) is 55.5 Å². The van der Waals surface area contributed by atoms with Crippen LogP contribution in [0.3, 0.4) is 0 Å². The molecule has 4 nitrogen and oxygen atoms in total. The number of hydrogen-bond donors (Lipinski definition) is 2. The van der Waals surface area contributed by atoms with Crippen molar-refractivity contribution in [2.45, 2.75) is 25.3 Å². The first-order chi connectivity index (χ1) is 10.4. The monoisotopic (exact) mass is 319 g/mol. The van der Waals surface area contributed by atoms with Gasteiger partial charge < -0.3 is 10.4 Å². The zero-order valence-corrected chi connectivity index (χ0v) is 13.6. The maximum atomic E-state index is 11.4. The van der Waals surface area contributed by atoms with Gasteiger partial charge in [0.2, 0.25) is 0 Å². The number of aliphatic hydroxyl groups is 1. The molecule has 0 bridgehead atoms. The summed E-state index contributed by atoms with van der Waals surface area (Å²) in [7, 11) is -3.04. The molecular formula is C17H21NO3S. The van der Waals surface area contributed by atoms with E-state index in [9.17, 15) is 13.5 Å². The summed E-state index contributed by atoms with van der Waals surface area (Å²) >= 11 is 0. The zero-order chi connectivity index (χ0) is 16.2. The van der Waals surface area contributed by atoms with Crippen molar-refractivity contribution in [2.24, 2.45) is 0 Å². The molecule has 5 heteroatoms. The highest BCUT2D eigenvalue weighted by Gasteiger charge is 2.08. The highest BCUT2D eigenvalue weighted by Crippen LogP contribution is 2.21. The summed E-state index contributed by atoms with van der Waals surface area (Å²) in [6.45, 7) is 2.05. The Morgan fingerprint density at radius 3 is 2.45 bits per heavy atom. The molecule has 0 aliphatic carbocycles. The number of benzene rings is 2. The van der Waals surface area contributed by atoms with Gasteiger partial charge in [0.15, 0.2) is 9.84 Å². The molecule has 2 rings (SSSR count). The molecular weight excluding hydrogens is 298 g/mol. The second-order valence-corrected chi connectivity index (χ2v) is 7.68. The average molecular weight is 319 g/mol. The van der Waals surface area contributed by atoms with Crippen LogP contribution in [0.5, 0.6) is 0 Å². The van der Waals surface area contributed by atoms with Crippen molar-refractivity contribution in [3.63, 3.8) is 0 Å². The van der Waals surface area contributed by atoms with Crippen molar-refractivity contribution in [3.8, 4) is 0 Å². The van der Waals surface area contributed by atoms with E-state index < -0.39 is 9.84 Å². The molecule has 0 radical (unpaired) electrons. The standard InChI is InChI=1S/C17H21NO3S/c1-13(16-7-3-5-14(9-16)11-19)18-17-8-4-6-15(10-17)12-22(2,20)21/h3-10,13,18-19H,11-12H2,1-2H3. The lowest BCUT2D eigenvalue weighted by atomic mass is 10.0. The number of rotatable bonds is 6. The molecule has 2 aromatic carbocycles. The highest BCUT2D eigenvalue weighted by atomic mass is 32.2. The summed E-state index contributed by atoms with van der Waals surface area (Å²) in [5.74, 6) is 0.0386. The van der Waals surface area contributed by atoms with Gasteiger partial charge in [0.1, 0.15) is 0 Å². The van der Waals surface area contributed by atoms with Crippen molar-refractivity contribution in [3.05, 3.63) is 65.2 Å². The predicted octanol–water partition coefficient (Wildman–Crippen LogP) is 2.90. The van der Waals surface area contributed by atoms with Gasteiger partial charge in [-0.3, -0.25) is 0 Å². The van der Waals surface area contributed by atoms with Crippen LogP contribution in [0.15, 0.2) is 48.5 Å². The van der Waals surface area contributed by atoms with Gasteiger partial charge in [-0.2, -0.15) is 0 Å². The van der Waals surface area contributed by atoms with Crippen LogP contribution < -0.4 is 5.32 Å². The second kappa shape index (κ2) is 6.94. The Morgan fingerprint density at radius 2 is 1.77 bits per heavy atom. The fourth-order valence-electron chi connectivity index (χ4n) is 2.35. The van der Waals surface area contributed by atoms with Crippen LogP contribution in [0.1, 0.15) is 29.7 Å². The fraction of sp³-hybridized carbons (Fsp3) is 0.294. The molecule has 0 heterocycles. The molecule has 0 aliphatic rings. The Morgan fingerprint density at radius 1 is 1.09 bits per heavy atom. The smallest absolute Gasteiger partial charge is 0.151 e. The maximum Gasteiger partial charge on any atom is 0.151 e. The molecule has 0 saturated heterocycles. The zero-order valence-electron chi connectivity index (χ0n) is 12.8. The molecule has 0 amide bonds. The molecule has 0 saturated carbocycles. The maximum absolute atomic E-state index is 11.4. The van der Waals surface area contributed by atoms with E-state index in [1.165, 1.54) is 6.26 Å². The molecule has 2 aromatic rings. The third-order valence-corrected chi connectivity index (χ3v) is 4.23. The summed E-state index contributed by atoms with van der Waals surface area (Å²) in [5.41, 5.74) is 3.59. The molecule has 1 atom stereocenters. The number of sulfone groups is 1. The fourth-order valence-corrected chi connectivity index (χ4v) is 3.13. The summed E-state index contributed by atoms with van der Waals surface area (Å²) in [5, 5.41) is 12.6. The minimum Gasteiger partial charge on any atom is -0.392 e. The van der Waals surface area contributed by atoms with E-state index in [2.05, 4.69) is 5.32 Å². The van der Waals surface area contributed by atoms with Crippen LogP contribution in [0.4, 0.5) is 5.69 Å². The van der Waals surface area contributed by atoms with Gasteiger partial charge in [0.25, 0.3) is 0 Å². The number of aliphatic hydroxyl groups excluding tert-OH is 1. The molecule has 118 valence electrons. The van der Waals surface area contributed by atoms with Crippen LogP contribution in [0.2, 0.25) is 0 Å². The van der Waals surface area contributed by atoms with Crippen LogP contribution in [0, 0.1) is 0 Å². The molecule has 0 aliphatic heterocycles. The van der Waals surface area contributed by atoms with E-state index >= 15 is 0 Å². The summed E-state index contributed by atoms with van der Waals surface area (Å²) < 4.78 is 22.8. The third-order valence-electron chi connectivity index (χ3n) is 3.37. The molecule has 0 spiro atoms. The number of hydrogen-bond acceptors (Lipinski definition) is 4. The van der Waals surface area contributed by atoms with Crippen molar-refractivity contribution >= 4 is 15.5 Å². The van der Waals surface area contributed by atoms with Gasteiger partial charge in [-0.1, -0.05) is 36.4 Å². The van der Waals surface area contributed by atoms with Gasteiger partial charge in [-0.25, -0.2) is 8.42 Å². The average Bonchev–Trinajstić information content (AvgIpc) is 2.46. The van der Waals surface area contributed by atoms with Crippen LogP contribution >= 0.6 is 0 Å². The number of nitrogens with one attached hydrogen (secondary N) is 1. The molecule has 0 fully saturated rings. The predicted molar refractivity (Wildman–Crippen MR) is 89.4 cm³/mol. The first-order valence-electron chi connectivity index (χ1n) is 7.10. The van der Waals surface area contributed by atoms with Gasteiger partial charge in [0, 0.05) is 18.0 Å². The van der Waals surface area contributed by atoms with Crippen molar-refractivity contribution in [1.82, 2.24) is 0 Å². The minimum atomic E-state index is -3.04. The quantitative estimate of drug-likeness (QED) is 0.859. The Hall–Kier alpha value is -1.85. The van der Waals surface area contributed by atoms with Crippen molar-refractivity contribution in [1.29, 1.82) is 0 Å². The third kappa shape index (κ3) is 4.86. The molecule has 1 unspecified atom stereocenters. The van der Waals surface area contributed by atoms with Gasteiger partial charge in [-0.15, -0.1) is 0 Å². The van der Waals surface area contributed by atoms with E-state index in [0.29, 0.717) is 0 Å². The van der Waals surface area contributed by atoms with Crippen LogP contribution in [0.25, 0.3) is 0 Å². The first kappa shape index (κ1) is 16.5. The van der Waals surface area contributed by atoms with E-state index in [-0.39, 0.29) is 18.4 Å². The summed E-state index contributed by atoms with van der Waals surface area (Å²) in [6.07, 6.45) is 1.23. The van der Waals surface area contributed by atoms with E-state index in [4.69, 9.17) is 0 Å². The molecule has 2 N–H and O–H groups in total. The van der Waals surface area contributed by atoms with E-state index in [0.717, 1.165) is 22.4 Å². The van der Waals surface area contributed by atoms with Crippen molar-refractivity contribution in [2.75, 3.05) is 11.6 Å². The molecule has 0 aromatic heterocycles. The van der Waals surface area contributed by atoms with Crippen LogP contribution in [-0.4, -0.2) is 19.8 Å². The lowest BCUT2D eigenvalue weighted by Crippen LogP contribution is -2.08. The first-order valence-corrected chi connectivity index (χ1v) is 9.16. The summed E-state index contributed by atoms with van der Waals surface area (Å²) in [6, 6.07) is 15.2. The molecule has 22 heavy (non-hydrogen) atoms. The largest absolute Gasteiger partial charge is 0.392 e. The lowest BCUT2D eigenvalue weighted by Gasteiger charge is -2.17. The second-order valence-electron chi connectivity index (χ2n) is 5.54. The normalized spacial score (nSPS) is 12.9. The Balaban J connectivity index is 2.14. The topological polar surface area (TPSA) is 66.4 Å². The van der Waals surface area contributed by atoms with Gasteiger partial charge in [-0.05, 0) is 35.7 Å². The Labute approximate surface area is 131 Å². The van der Waals surface area contributed by atoms with E-state index in [1.54, 1.807) is 0 Å². The minimum absolute atomic E-state index is 0.0183.